The van der Waals surface area contributed by atoms with Crippen molar-refractivity contribution in [3.63, 3.8) is 0 Å². The minimum Gasteiger partial charge on any atom is -0.504 e. The number of phenols is 1. The Morgan fingerprint density at radius 2 is 2.06 bits per heavy atom. The Morgan fingerprint density at radius 3 is 2.81 bits per heavy atom. The molecule has 6 nitrogen and oxygen atoms in total. The smallest absolute Gasteiger partial charge is 0.303 e. The number of fused-ring (bicyclic) bond motifs is 5. The molecule has 1 aromatic rings. The number of hydrogen-bond acceptors (Lipinski definition) is 5. The van der Waals surface area contributed by atoms with Gasteiger partial charge in [0.05, 0.1) is 6.61 Å². The summed E-state index contributed by atoms with van der Waals surface area (Å²) in [5, 5.41) is 19.5. The van der Waals surface area contributed by atoms with Crippen LogP contribution in [-0.2, 0) is 20.7 Å². The summed E-state index contributed by atoms with van der Waals surface area (Å²) in [5.74, 6) is 1.66. The van der Waals surface area contributed by atoms with Gasteiger partial charge in [-0.15, -0.1) is 0 Å². The van der Waals surface area contributed by atoms with E-state index in [0.717, 1.165) is 32.1 Å². The monoisotopic (exact) mass is 430 g/mol. The zero-order chi connectivity index (χ0) is 22.2. The Bertz CT molecular complexity index is 849. The van der Waals surface area contributed by atoms with Gasteiger partial charge < -0.3 is 19.7 Å². The largest absolute Gasteiger partial charge is 0.504 e. The van der Waals surface area contributed by atoms with Crippen molar-refractivity contribution in [1.82, 2.24) is 0 Å². The quantitative estimate of drug-likeness (QED) is 0.597. The Balaban J connectivity index is 1.59. The molecule has 1 aromatic carbocycles. The van der Waals surface area contributed by atoms with Gasteiger partial charge in [0, 0.05) is 25.4 Å². The van der Waals surface area contributed by atoms with Crippen molar-refractivity contribution in [2.75, 3.05) is 20.3 Å². The fourth-order valence-corrected chi connectivity index (χ4v) is 6.78. The lowest BCUT2D eigenvalue weighted by atomic mass is 9.54. The number of benzene rings is 1. The highest BCUT2D eigenvalue weighted by atomic mass is 16.5. The predicted octanol–water partition coefficient (Wildman–Crippen LogP) is 4.32. The number of rotatable bonds is 8. The molecular weight excluding hydrogens is 396 g/mol. The first-order chi connectivity index (χ1) is 14.8. The summed E-state index contributed by atoms with van der Waals surface area (Å²) >= 11 is 0. The van der Waals surface area contributed by atoms with E-state index >= 15 is 0 Å². The maximum atomic E-state index is 13.0. The van der Waals surface area contributed by atoms with E-state index in [1.165, 1.54) is 11.1 Å². The van der Waals surface area contributed by atoms with Gasteiger partial charge in [-0.05, 0) is 85.5 Å². The number of Topliss-reactive ketones (excluding diaryl/α,β-unsaturated/α-hetero) is 1. The maximum Gasteiger partial charge on any atom is 0.303 e. The van der Waals surface area contributed by atoms with Crippen LogP contribution in [0.1, 0.15) is 68.9 Å². The number of carbonyl (C=O) groups is 2. The molecule has 2 N–H and O–H groups in total. The second-order valence-electron chi connectivity index (χ2n) is 9.82. The zero-order valence-corrected chi connectivity index (χ0v) is 18.6. The first-order valence-electron chi connectivity index (χ1n) is 11.6. The van der Waals surface area contributed by atoms with Crippen molar-refractivity contribution < 1.29 is 29.3 Å². The summed E-state index contributed by atoms with van der Waals surface area (Å²) in [4.78, 5) is 24.0. The van der Waals surface area contributed by atoms with E-state index in [4.69, 9.17) is 14.6 Å². The second-order valence-corrected chi connectivity index (χ2v) is 9.82. The van der Waals surface area contributed by atoms with Gasteiger partial charge in [-0.1, -0.05) is 6.92 Å². The average molecular weight is 431 g/mol. The summed E-state index contributed by atoms with van der Waals surface area (Å²) in [6.45, 7) is 3.00. The molecule has 0 spiro atoms. The number of aryl methyl sites for hydroxylation is 1. The third-order valence-electron chi connectivity index (χ3n) is 8.16. The lowest BCUT2D eigenvalue weighted by molar-refractivity contribution is -0.137. The van der Waals surface area contributed by atoms with Gasteiger partial charge in [-0.2, -0.15) is 0 Å². The highest BCUT2D eigenvalue weighted by Crippen LogP contribution is 2.62. The molecule has 3 aliphatic rings. The molecule has 0 saturated heterocycles. The van der Waals surface area contributed by atoms with Crippen LogP contribution < -0.4 is 4.74 Å². The standard InChI is InChI=1S/C25H34O6/c1-25-9-8-17-18(24(25)16(13-22(25)27)4-3-5-23(28)29)7-6-15-12-20(26)21(14-19(15)17)31-11-10-30-2/h12,14,16-18,24,26H,3-11,13H2,1-2H3,(H,28,29)/t16-,17-,18+,24-,25+/m0/s1. The number of carboxylic acid groups (broad SMARTS) is 1. The van der Waals surface area contributed by atoms with Crippen molar-refractivity contribution in [3.8, 4) is 11.5 Å². The summed E-state index contributed by atoms with van der Waals surface area (Å²) in [6, 6.07) is 3.86. The lowest BCUT2D eigenvalue weighted by Crippen LogP contribution is -2.44. The van der Waals surface area contributed by atoms with Crippen LogP contribution in [0.15, 0.2) is 12.1 Å². The van der Waals surface area contributed by atoms with Gasteiger partial charge in [-0.25, -0.2) is 0 Å². The molecule has 0 amide bonds. The molecule has 2 saturated carbocycles. The van der Waals surface area contributed by atoms with Crippen molar-refractivity contribution in [2.24, 2.45) is 23.2 Å². The molecule has 4 rings (SSSR count). The van der Waals surface area contributed by atoms with Crippen LogP contribution in [0.4, 0.5) is 0 Å². The fraction of sp³-hybridized carbons (Fsp3) is 0.680. The first-order valence-corrected chi connectivity index (χ1v) is 11.6. The van der Waals surface area contributed by atoms with Crippen LogP contribution in [0, 0.1) is 23.2 Å². The van der Waals surface area contributed by atoms with Crippen LogP contribution in [0.25, 0.3) is 0 Å². The minimum atomic E-state index is -0.763. The highest BCUT2D eigenvalue weighted by Gasteiger charge is 2.58. The van der Waals surface area contributed by atoms with E-state index in [1.54, 1.807) is 7.11 Å². The number of aliphatic carboxylic acids is 1. The lowest BCUT2D eigenvalue weighted by Gasteiger charge is -2.50. The molecule has 3 aliphatic carbocycles. The van der Waals surface area contributed by atoms with Gasteiger partial charge in [0.2, 0.25) is 0 Å². The molecule has 5 atom stereocenters. The summed E-state index contributed by atoms with van der Waals surface area (Å²) < 4.78 is 10.8. The van der Waals surface area contributed by atoms with Crippen molar-refractivity contribution >= 4 is 11.8 Å². The van der Waals surface area contributed by atoms with E-state index in [1.807, 2.05) is 12.1 Å². The predicted molar refractivity (Wildman–Crippen MR) is 115 cm³/mol. The van der Waals surface area contributed by atoms with Crippen molar-refractivity contribution in [3.05, 3.63) is 23.3 Å². The highest BCUT2D eigenvalue weighted by molar-refractivity contribution is 5.87. The van der Waals surface area contributed by atoms with Crippen molar-refractivity contribution in [2.45, 2.75) is 64.2 Å². The second kappa shape index (κ2) is 8.81. The molecule has 0 aliphatic heterocycles. The van der Waals surface area contributed by atoms with Gasteiger partial charge in [-0.3, -0.25) is 9.59 Å². The van der Waals surface area contributed by atoms with Crippen LogP contribution in [-0.4, -0.2) is 42.3 Å². The molecule has 0 heterocycles. The van der Waals surface area contributed by atoms with Crippen molar-refractivity contribution in [1.29, 1.82) is 0 Å². The number of carbonyl (C=O) groups excluding carboxylic acids is 1. The van der Waals surface area contributed by atoms with Gasteiger partial charge >= 0.3 is 5.97 Å². The average Bonchev–Trinajstić information content (AvgIpc) is 2.98. The van der Waals surface area contributed by atoms with E-state index in [2.05, 4.69) is 6.92 Å². The topological polar surface area (TPSA) is 93.1 Å². The van der Waals surface area contributed by atoms with E-state index in [-0.39, 0.29) is 23.5 Å². The molecule has 2 fully saturated rings. The molecule has 6 heteroatoms. The fourth-order valence-electron chi connectivity index (χ4n) is 6.78. The Labute approximate surface area is 183 Å². The molecule has 31 heavy (non-hydrogen) atoms. The van der Waals surface area contributed by atoms with E-state index in [0.29, 0.717) is 55.3 Å². The number of phenolic OH excluding ortho intramolecular Hbond substituents is 1. The zero-order valence-electron chi connectivity index (χ0n) is 18.6. The molecule has 170 valence electrons. The summed E-state index contributed by atoms with van der Waals surface area (Å²) in [6.07, 6.45) is 5.99. The number of aromatic hydroxyl groups is 1. The number of methoxy groups -OCH3 is 1. The number of carboxylic acids is 1. The minimum absolute atomic E-state index is 0.173. The van der Waals surface area contributed by atoms with Crippen LogP contribution in [0.2, 0.25) is 0 Å². The summed E-state index contributed by atoms with van der Waals surface area (Å²) in [5.41, 5.74) is 2.17. The molecule has 0 radical (unpaired) electrons. The molecule has 0 aromatic heterocycles. The number of hydrogen-bond donors (Lipinski definition) is 2. The molecular formula is C25H34O6. The number of ether oxygens (including phenoxy) is 2. The normalized spacial score (nSPS) is 31.6. The Hall–Kier alpha value is -2.08. The van der Waals surface area contributed by atoms with E-state index in [9.17, 15) is 14.7 Å². The summed E-state index contributed by atoms with van der Waals surface area (Å²) in [7, 11) is 1.62. The van der Waals surface area contributed by atoms with E-state index < -0.39 is 5.97 Å². The maximum absolute atomic E-state index is 13.0. The molecule has 0 unspecified atom stereocenters. The third-order valence-corrected chi connectivity index (χ3v) is 8.16. The molecule has 0 bridgehead atoms. The van der Waals surface area contributed by atoms with Gasteiger partial charge in [0.15, 0.2) is 11.5 Å². The van der Waals surface area contributed by atoms with Crippen LogP contribution >= 0.6 is 0 Å². The third kappa shape index (κ3) is 4.07. The first kappa shape index (κ1) is 22.1. The van der Waals surface area contributed by atoms with Crippen LogP contribution in [0.3, 0.4) is 0 Å². The van der Waals surface area contributed by atoms with Crippen LogP contribution in [0.5, 0.6) is 11.5 Å². The Morgan fingerprint density at radius 1 is 1.26 bits per heavy atom. The SMILES string of the molecule is COCCOc1cc2c(cc1O)CC[C@H]1[C@@H]3[C@@H](CCCC(=O)O)CC(=O)[C@@]3(C)CC[C@H]21. The van der Waals surface area contributed by atoms with Gasteiger partial charge in [0.1, 0.15) is 12.4 Å². The Kier molecular flexibility index (Phi) is 6.29. The number of ketones is 1. The van der Waals surface area contributed by atoms with Gasteiger partial charge in [0.25, 0.3) is 0 Å².